The summed E-state index contributed by atoms with van der Waals surface area (Å²) in [5.74, 6) is -1.21. The first-order chi connectivity index (χ1) is 9.65. The first-order valence-electron chi connectivity index (χ1n) is 6.88. The summed E-state index contributed by atoms with van der Waals surface area (Å²) in [6.45, 7) is 3.48. The van der Waals surface area contributed by atoms with Gasteiger partial charge in [0.15, 0.2) is 0 Å². The van der Waals surface area contributed by atoms with Crippen molar-refractivity contribution >= 4 is 11.8 Å². The number of hydrogen-bond donors (Lipinski definition) is 2. The van der Waals surface area contributed by atoms with E-state index < -0.39 is 11.8 Å². The number of amides is 2. The lowest BCUT2D eigenvalue weighted by molar-refractivity contribution is -0.139. The van der Waals surface area contributed by atoms with Gasteiger partial charge >= 0.3 is 11.8 Å². The van der Waals surface area contributed by atoms with E-state index in [-0.39, 0.29) is 6.10 Å². The SMILES string of the molecule is Cc1cccc(CNC(=O)C(=O)NC[C@H]2CCCO2)c1. The Bertz CT molecular complexity index is 482. The summed E-state index contributed by atoms with van der Waals surface area (Å²) >= 11 is 0. The summed E-state index contributed by atoms with van der Waals surface area (Å²) in [5.41, 5.74) is 2.10. The van der Waals surface area contributed by atoms with Crippen molar-refractivity contribution in [2.24, 2.45) is 0 Å². The molecule has 0 radical (unpaired) electrons. The van der Waals surface area contributed by atoms with Gasteiger partial charge in [-0.3, -0.25) is 9.59 Å². The molecule has 0 bridgehead atoms. The summed E-state index contributed by atoms with van der Waals surface area (Å²) in [4.78, 5) is 23.3. The van der Waals surface area contributed by atoms with Crippen molar-refractivity contribution in [2.45, 2.75) is 32.4 Å². The van der Waals surface area contributed by atoms with E-state index in [2.05, 4.69) is 10.6 Å². The Morgan fingerprint density at radius 1 is 1.30 bits per heavy atom. The minimum atomic E-state index is -0.607. The molecular weight excluding hydrogens is 256 g/mol. The summed E-state index contributed by atoms with van der Waals surface area (Å²) in [6.07, 6.45) is 1.99. The van der Waals surface area contributed by atoms with E-state index in [1.165, 1.54) is 0 Å². The van der Waals surface area contributed by atoms with E-state index in [0.717, 1.165) is 30.6 Å². The number of rotatable bonds is 4. The van der Waals surface area contributed by atoms with Gasteiger partial charge < -0.3 is 15.4 Å². The molecule has 1 atom stereocenters. The zero-order valence-corrected chi connectivity index (χ0v) is 11.6. The molecule has 1 aliphatic rings. The van der Waals surface area contributed by atoms with Crippen LogP contribution in [0.1, 0.15) is 24.0 Å². The van der Waals surface area contributed by atoms with E-state index in [1.807, 2.05) is 31.2 Å². The monoisotopic (exact) mass is 276 g/mol. The van der Waals surface area contributed by atoms with Crippen LogP contribution in [0.4, 0.5) is 0 Å². The highest BCUT2D eigenvalue weighted by Crippen LogP contribution is 2.10. The fourth-order valence-electron chi connectivity index (χ4n) is 2.18. The molecule has 2 amide bonds. The van der Waals surface area contributed by atoms with Crippen LogP contribution >= 0.6 is 0 Å². The molecule has 5 nitrogen and oxygen atoms in total. The molecule has 0 saturated carbocycles. The molecule has 2 N–H and O–H groups in total. The van der Waals surface area contributed by atoms with E-state index in [4.69, 9.17) is 4.74 Å². The highest BCUT2D eigenvalue weighted by Gasteiger charge is 2.18. The summed E-state index contributed by atoms with van der Waals surface area (Å²) in [7, 11) is 0. The van der Waals surface area contributed by atoms with Crippen LogP contribution in [0, 0.1) is 6.92 Å². The van der Waals surface area contributed by atoms with Crippen LogP contribution in [0.2, 0.25) is 0 Å². The highest BCUT2D eigenvalue weighted by atomic mass is 16.5. The first-order valence-corrected chi connectivity index (χ1v) is 6.88. The molecule has 0 aromatic heterocycles. The Morgan fingerprint density at radius 2 is 2.10 bits per heavy atom. The van der Waals surface area contributed by atoms with Crippen LogP contribution in [-0.4, -0.2) is 31.1 Å². The minimum absolute atomic E-state index is 0.0449. The fourth-order valence-corrected chi connectivity index (χ4v) is 2.18. The minimum Gasteiger partial charge on any atom is -0.376 e. The van der Waals surface area contributed by atoms with E-state index in [0.29, 0.717) is 13.1 Å². The normalized spacial score (nSPS) is 17.8. The van der Waals surface area contributed by atoms with Crippen molar-refractivity contribution < 1.29 is 14.3 Å². The van der Waals surface area contributed by atoms with E-state index >= 15 is 0 Å². The molecule has 1 aromatic rings. The Morgan fingerprint density at radius 3 is 2.80 bits per heavy atom. The molecule has 5 heteroatoms. The van der Waals surface area contributed by atoms with Gasteiger partial charge in [-0.05, 0) is 25.3 Å². The molecule has 0 unspecified atom stereocenters. The highest BCUT2D eigenvalue weighted by molar-refractivity contribution is 6.35. The van der Waals surface area contributed by atoms with Crippen LogP contribution in [0.3, 0.4) is 0 Å². The van der Waals surface area contributed by atoms with Gasteiger partial charge in [0.05, 0.1) is 6.10 Å². The lowest BCUT2D eigenvalue weighted by Gasteiger charge is -2.10. The molecule has 1 aromatic carbocycles. The number of benzene rings is 1. The second-order valence-corrected chi connectivity index (χ2v) is 5.02. The molecule has 1 heterocycles. The maximum Gasteiger partial charge on any atom is 0.309 e. The van der Waals surface area contributed by atoms with Crippen molar-refractivity contribution in [3.8, 4) is 0 Å². The fraction of sp³-hybridized carbons (Fsp3) is 0.467. The van der Waals surface area contributed by atoms with Crippen molar-refractivity contribution in [3.05, 3.63) is 35.4 Å². The van der Waals surface area contributed by atoms with Gasteiger partial charge in [0.1, 0.15) is 0 Å². The molecule has 1 aliphatic heterocycles. The molecule has 0 aliphatic carbocycles. The molecule has 1 saturated heterocycles. The van der Waals surface area contributed by atoms with Gasteiger partial charge in [-0.1, -0.05) is 29.8 Å². The third kappa shape index (κ3) is 4.35. The van der Waals surface area contributed by atoms with Gasteiger partial charge in [-0.2, -0.15) is 0 Å². The predicted molar refractivity (Wildman–Crippen MR) is 75.0 cm³/mol. The largest absolute Gasteiger partial charge is 0.376 e. The molecular formula is C15H20N2O3. The van der Waals surface area contributed by atoms with Crippen molar-refractivity contribution in [1.29, 1.82) is 0 Å². The van der Waals surface area contributed by atoms with Gasteiger partial charge in [0.25, 0.3) is 0 Å². The quantitative estimate of drug-likeness (QED) is 0.803. The van der Waals surface area contributed by atoms with E-state index in [9.17, 15) is 9.59 Å². The van der Waals surface area contributed by atoms with Crippen LogP contribution in [-0.2, 0) is 20.9 Å². The van der Waals surface area contributed by atoms with Crippen LogP contribution < -0.4 is 10.6 Å². The average molecular weight is 276 g/mol. The first kappa shape index (κ1) is 14.5. The van der Waals surface area contributed by atoms with Gasteiger partial charge in [0.2, 0.25) is 0 Å². The Kier molecular flexibility index (Phi) is 5.12. The number of hydrogen-bond acceptors (Lipinski definition) is 3. The second-order valence-electron chi connectivity index (χ2n) is 5.02. The number of nitrogens with one attached hydrogen (secondary N) is 2. The molecule has 0 spiro atoms. The van der Waals surface area contributed by atoms with Crippen LogP contribution in [0.5, 0.6) is 0 Å². The number of carbonyl (C=O) groups excluding carboxylic acids is 2. The van der Waals surface area contributed by atoms with E-state index in [1.54, 1.807) is 0 Å². The summed E-state index contributed by atoms with van der Waals surface area (Å²) in [6, 6.07) is 7.80. The molecule has 108 valence electrons. The lowest BCUT2D eigenvalue weighted by atomic mass is 10.1. The third-order valence-electron chi connectivity index (χ3n) is 3.26. The molecule has 2 rings (SSSR count). The average Bonchev–Trinajstić information content (AvgIpc) is 2.95. The Labute approximate surface area is 118 Å². The van der Waals surface area contributed by atoms with Crippen molar-refractivity contribution in [2.75, 3.05) is 13.2 Å². The zero-order chi connectivity index (χ0) is 14.4. The van der Waals surface area contributed by atoms with Gasteiger partial charge in [-0.15, -0.1) is 0 Å². The van der Waals surface area contributed by atoms with Crippen molar-refractivity contribution in [1.82, 2.24) is 10.6 Å². The van der Waals surface area contributed by atoms with Gasteiger partial charge in [0, 0.05) is 19.7 Å². The molecule has 20 heavy (non-hydrogen) atoms. The maximum absolute atomic E-state index is 11.6. The second kappa shape index (κ2) is 7.05. The number of ether oxygens (including phenoxy) is 1. The Hall–Kier alpha value is -1.88. The lowest BCUT2D eigenvalue weighted by Crippen LogP contribution is -2.42. The topological polar surface area (TPSA) is 67.4 Å². The number of aryl methyl sites for hydroxylation is 1. The zero-order valence-electron chi connectivity index (χ0n) is 11.6. The molecule has 1 fully saturated rings. The van der Waals surface area contributed by atoms with Crippen LogP contribution in [0.15, 0.2) is 24.3 Å². The van der Waals surface area contributed by atoms with Crippen molar-refractivity contribution in [3.63, 3.8) is 0 Å². The maximum atomic E-state index is 11.6. The smallest absolute Gasteiger partial charge is 0.309 e. The standard InChI is InChI=1S/C15H20N2O3/c1-11-4-2-5-12(8-11)9-16-14(18)15(19)17-10-13-6-3-7-20-13/h2,4-5,8,13H,3,6-7,9-10H2,1H3,(H,16,18)(H,17,19)/t13-/m1/s1. The third-order valence-corrected chi connectivity index (χ3v) is 3.26. The van der Waals surface area contributed by atoms with Crippen LogP contribution in [0.25, 0.3) is 0 Å². The summed E-state index contributed by atoms with van der Waals surface area (Å²) in [5, 5.41) is 5.21. The predicted octanol–water partition coefficient (Wildman–Crippen LogP) is 0.906. The number of carbonyl (C=O) groups is 2. The Balaban J connectivity index is 1.72. The summed E-state index contributed by atoms with van der Waals surface area (Å²) < 4.78 is 5.38. The van der Waals surface area contributed by atoms with Gasteiger partial charge in [-0.25, -0.2) is 0 Å².